The third kappa shape index (κ3) is 2.88. The van der Waals surface area contributed by atoms with Crippen LogP contribution in [0.25, 0.3) is 0 Å². The molecule has 0 heterocycles. The smallest absolute Gasteiger partial charge is 0.00424 e. The molecule has 0 aromatic heterocycles. The van der Waals surface area contributed by atoms with Gasteiger partial charge in [-0.15, -0.1) is 0 Å². The molecule has 16 heavy (non-hydrogen) atoms. The Balaban J connectivity index is 2.96. The minimum Gasteiger partial charge on any atom is -0.402 e. The van der Waals surface area contributed by atoms with Gasteiger partial charge in [-0.1, -0.05) is 37.8 Å². The first kappa shape index (κ1) is 12.8. The van der Waals surface area contributed by atoms with Crippen LogP contribution in [0.4, 0.5) is 0 Å². The van der Waals surface area contributed by atoms with Gasteiger partial charge in [-0.2, -0.15) is 0 Å². The maximum Gasteiger partial charge on any atom is 0.00424 e. The zero-order valence-corrected chi connectivity index (χ0v) is 10.6. The van der Waals surface area contributed by atoms with Crippen molar-refractivity contribution in [3.05, 3.63) is 47.7 Å². The number of nitrogens with two attached hydrogens (primary N) is 1. The van der Waals surface area contributed by atoms with E-state index in [1.165, 1.54) is 16.7 Å². The topological polar surface area (TPSA) is 26.0 Å². The van der Waals surface area contributed by atoms with Gasteiger partial charge in [0.25, 0.3) is 0 Å². The van der Waals surface area contributed by atoms with Crippen molar-refractivity contribution in [3.8, 4) is 0 Å². The first-order valence-corrected chi connectivity index (χ1v) is 6.05. The highest BCUT2D eigenvalue weighted by Crippen LogP contribution is 2.36. The highest BCUT2D eigenvalue weighted by Gasteiger charge is 2.21. The molecule has 1 rings (SSSR count). The minimum atomic E-state index is 0.457. The van der Waals surface area contributed by atoms with Gasteiger partial charge < -0.3 is 5.73 Å². The summed E-state index contributed by atoms with van der Waals surface area (Å²) in [6.07, 6.45) is 8.40. The first-order valence-electron chi connectivity index (χ1n) is 6.05. The Morgan fingerprint density at radius 3 is 2.75 bits per heavy atom. The van der Waals surface area contributed by atoms with Crippen LogP contribution in [0.15, 0.2) is 47.7 Å². The van der Waals surface area contributed by atoms with E-state index in [1.807, 2.05) is 6.08 Å². The Bertz CT molecular complexity index is 344. The van der Waals surface area contributed by atoms with Gasteiger partial charge in [0, 0.05) is 11.6 Å². The first-order chi connectivity index (χ1) is 7.60. The lowest BCUT2D eigenvalue weighted by Gasteiger charge is -2.27. The molecule has 0 saturated heterocycles. The molecule has 1 heteroatoms. The molecule has 1 aliphatic carbocycles. The molecular formula is C15H23N. The summed E-state index contributed by atoms with van der Waals surface area (Å²) in [6, 6.07) is 0. The Morgan fingerprint density at radius 2 is 2.25 bits per heavy atom. The van der Waals surface area contributed by atoms with E-state index in [2.05, 4.69) is 33.1 Å². The van der Waals surface area contributed by atoms with Crippen LogP contribution in [0.1, 0.15) is 39.5 Å². The third-order valence-corrected chi connectivity index (χ3v) is 3.45. The number of hydrogen-bond acceptors (Lipinski definition) is 1. The summed E-state index contributed by atoms with van der Waals surface area (Å²) in [7, 11) is 0. The van der Waals surface area contributed by atoms with Gasteiger partial charge in [-0.3, -0.25) is 0 Å². The summed E-state index contributed by atoms with van der Waals surface area (Å²) in [5.74, 6) is 0.457. The Labute approximate surface area is 99.4 Å². The molecule has 0 amide bonds. The van der Waals surface area contributed by atoms with E-state index in [0.717, 1.165) is 31.4 Å². The molecule has 1 unspecified atom stereocenters. The van der Waals surface area contributed by atoms with Crippen molar-refractivity contribution in [2.45, 2.75) is 39.5 Å². The maximum absolute atomic E-state index is 5.83. The summed E-state index contributed by atoms with van der Waals surface area (Å²) in [5, 5.41) is 0. The molecule has 1 aliphatic rings. The van der Waals surface area contributed by atoms with E-state index in [-0.39, 0.29) is 0 Å². The van der Waals surface area contributed by atoms with Crippen LogP contribution in [0.3, 0.4) is 0 Å². The normalized spacial score (nSPS) is 22.1. The van der Waals surface area contributed by atoms with Crippen molar-refractivity contribution in [1.82, 2.24) is 0 Å². The van der Waals surface area contributed by atoms with E-state index in [1.54, 1.807) is 0 Å². The summed E-state index contributed by atoms with van der Waals surface area (Å²) < 4.78 is 0. The summed E-state index contributed by atoms with van der Waals surface area (Å²) in [4.78, 5) is 0. The van der Waals surface area contributed by atoms with E-state index in [4.69, 9.17) is 5.73 Å². The Hall–Kier alpha value is -1.24. The van der Waals surface area contributed by atoms with Gasteiger partial charge in [0.1, 0.15) is 0 Å². The SMILES string of the molecule is C=C/C=C(/CC)C1=C(C)CCC(C(=C)N)C1. The standard InChI is InChI=1S/C15H23N/c1-5-7-13(6-2)15-10-14(12(4)16)9-8-11(15)3/h5,7,14H,1,4,6,8-10,16H2,2-3H3/b13-7-. The molecule has 0 spiro atoms. The maximum atomic E-state index is 5.83. The van der Waals surface area contributed by atoms with Crippen molar-refractivity contribution in [3.63, 3.8) is 0 Å². The quantitative estimate of drug-likeness (QED) is 0.705. The lowest BCUT2D eigenvalue weighted by Crippen LogP contribution is -2.17. The highest BCUT2D eigenvalue weighted by atomic mass is 14.6. The van der Waals surface area contributed by atoms with Crippen molar-refractivity contribution >= 4 is 0 Å². The summed E-state index contributed by atoms with van der Waals surface area (Å²) >= 11 is 0. The van der Waals surface area contributed by atoms with E-state index in [0.29, 0.717) is 5.92 Å². The Kier molecular flexibility index (Phi) is 4.60. The number of hydrogen-bond donors (Lipinski definition) is 1. The number of rotatable bonds is 4. The zero-order chi connectivity index (χ0) is 12.1. The van der Waals surface area contributed by atoms with E-state index < -0.39 is 0 Å². The van der Waals surface area contributed by atoms with Gasteiger partial charge in [-0.05, 0) is 43.8 Å². The molecule has 2 N–H and O–H groups in total. The van der Waals surface area contributed by atoms with Crippen LogP contribution < -0.4 is 5.73 Å². The fraction of sp³-hybridized carbons (Fsp3) is 0.467. The van der Waals surface area contributed by atoms with Crippen molar-refractivity contribution < 1.29 is 0 Å². The van der Waals surface area contributed by atoms with Crippen LogP contribution >= 0.6 is 0 Å². The van der Waals surface area contributed by atoms with E-state index in [9.17, 15) is 0 Å². The van der Waals surface area contributed by atoms with Crippen LogP contribution in [-0.4, -0.2) is 0 Å². The fourth-order valence-electron chi connectivity index (χ4n) is 2.36. The second kappa shape index (κ2) is 5.74. The van der Waals surface area contributed by atoms with Gasteiger partial charge in [0.05, 0.1) is 0 Å². The summed E-state index contributed by atoms with van der Waals surface area (Å²) in [6.45, 7) is 12.1. The molecule has 88 valence electrons. The second-order valence-corrected chi connectivity index (χ2v) is 4.55. The molecule has 0 aromatic carbocycles. The molecule has 0 aliphatic heterocycles. The molecule has 0 radical (unpaired) electrons. The predicted octanol–water partition coefficient (Wildman–Crippen LogP) is 4.10. The van der Waals surface area contributed by atoms with Crippen LogP contribution in [0.5, 0.6) is 0 Å². The monoisotopic (exact) mass is 217 g/mol. The van der Waals surface area contributed by atoms with Crippen LogP contribution in [0, 0.1) is 5.92 Å². The van der Waals surface area contributed by atoms with Gasteiger partial charge in [-0.25, -0.2) is 0 Å². The van der Waals surface area contributed by atoms with Crippen LogP contribution in [-0.2, 0) is 0 Å². The van der Waals surface area contributed by atoms with Crippen LogP contribution in [0.2, 0.25) is 0 Å². The molecule has 1 nitrogen and oxygen atoms in total. The van der Waals surface area contributed by atoms with E-state index >= 15 is 0 Å². The molecule has 0 saturated carbocycles. The average Bonchev–Trinajstić information content (AvgIpc) is 2.26. The van der Waals surface area contributed by atoms with Crippen molar-refractivity contribution in [1.29, 1.82) is 0 Å². The molecule has 1 atom stereocenters. The average molecular weight is 217 g/mol. The predicted molar refractivity (Wildman–Crippen MR) is 71.9 cm³/mol. The second-order valence-electron chi connectivity index (χ2n) is 4.55. The Morgan fingerprint density at radius 1 is 1.56 bits per heavy atom. The third-order valence-electron chi connectivity index (χ3n) is 3.45. The molecule has 0 aromatic rings. The van der Waals surface area contributed by atoms with Gasteiger partial charge >= 0.3 is 0 Å². The number of allylic oxidation sites excluding steroid dienone is 6. The highest BCUT2D eigenvalue weighted by molar-refractivity contribution is 5.39. The molecule has 0 fully saturated rings. The lowest BCUT2D eigenvalue weighted by atomic mass is 9.79. The zero-order valence-electron chi connectivity index (χ0n) is 10.6. The minimum absolute atomic E-state index is 0.457. The molecule has 0 bridgehead atoms. The van der Waals surface area contributed by atoms with Crippen molar-refractivity contribution in [2.24, 2.45) is 11.7 Å². The lowest BCUT2D eigenvalue weighted by molar-refractivity contribution is 0.518. The molecular weight excluding hydrogens is 194 g/mol. The van der Waals surface area contributed by atoms with Crippen molar-refractivity contribution in [2.75, 3.05) is 0 Å². The van der Waals surface area contributed by atoms with Gasteiger partial charge in [0.15, 0.2) is 0 Å². The summed E-state index contributed by atoms with van der Waals surface area (Å²) in [5.41, 5.74) is 11.1. The fourth-order valence-corrected chi connectivity index (χ4v) is 2.36. The largest absolute Gasteiger partial charge is 0.402 e. The van der Waals surface area contributed by atoms with Gasteiger partial charge in [0.2, 0.25) is 0 Å².